The summed E-state index contributed by atoms with van der Waals surface area (Å²) in [5, 5.41) is 11.5. The van der Waals surface area contributed by atoms with Gasteiger partial charge in [-0.25, -0.2) is 8.78 Å². The second kappa shape index (κ2) is 7.19. The largest absolute Gasteiger partial charge is 0.481 e. The summed E-state index contributed by atoms with van der Waals surface area (Å²) in [6.07, 6.45) is 0.556. The predicted octanol–water partition coefficient (Wildman–Crippen LogP) is 1.87. The molecule has 0 saturated carbocycles. The number of halogens is 2. The van der Waals surface area contributed by atoms with E-state index in [2.05, 4.69) is 5.32 Å². The van der Waals surface area contributed by atoms with Gasteiger partial charge in [0.15, 0.2) is 18.2 Å². The summed E-state index contributed by atoms with van der Waals surface area (Å²) in [7, 11) is 0. The van der Waals surface area contributed by atoms with E-state index < -0.39 is 17.5 Å². The number of carbonyl (C=O) groups is 1. The molecule has 1 aromatic rings. The summed E-state index contributed by atoms with van der Waals surface area (Å²) in [5.41, 5.74) is -0.231. The maximum Gasteiger partial charge on any atom is 0.257 e. The van der Waals surface area contributed by atoms with Crippen molar-refractivity contribution in [2.45, 2.75) is 20.3 Å². The molecule has 112 valence electrons. The van der Waals surface area contributed by atoms with Gasteiger partial charge in [-0.3, -0.25) is 4.79 Å². The van der Waals surface area contributed by atoms with Crippen molar-refractivity contribution in [3.63, 3.8) is 0 Å². The monoisotopic (exact) mass is 287 g/mol. The average Bonchev–Trinajstić information content (AvgIpc) is 2.35. The van der Waals surface area contributed by atoms with Crippen molar-refractivity contribution in [3.8, 4) is 5.75 Å². The van der Waals surface area contributed by atoms with Gasteiger partial charge < -0.3 is 15.2 Å². The molecule has 0 aliphatic rings. The average molecular weight is 287 g/mol. The lowest BCUT2D eigenvalue weighted by molar-refractivity contribution is -0.123. The first kappa shape index (κ1) is 16.4. The number of hydrogen-bond acceptors (Lipinski definition) is 3. The number of amides is 1. The normalized spacial score (nSPS) is 11.2. The van der Waals surface area contributed by atoms with Gasteiger partial charge in [-0.05, 0) is 24.0 Å². The maximum atomic E-state index is 13.3. The molecule has 0 bridgehead atoms. The zero-order valence-corrected chi connectivity index (χ0v) is 11.6. The van der Waals surface area contributed by atoms with Gasteiger partial charge in [0.25, 0.3) is 5.91 Å². The molecule has 0 aromatic heterocycles. The Morgan fingerprint density at radius 1 is 1.40 bits per heavy atom. The highest BCUT2D eigenvalue weighted by Gasteiger charge is 2.18. The Morgan fingerprint density at radius 3 is 2.70 bits per heavy atom. The molecule has 1 rings (SSSR count). The molecule has 4 nitrogen and oxygen atoms in total. The molecule has 0 atom stereocenters. The van der Waals surface area contributed by atoms with Crippen molar-refractivity contribution in [1.82, 2.24) is 5.32 Å². The molecule has 0 aliphatic heterocycles. The number of aliphatic hydroxyl groups is 1. The maximum absolute atomic E-state index is 13.3. The summed E-state index contributed by atoms with van der Waals surface area (Å²) in [5.74, 6) is -2.13. The third-order valence-electron chi connectivity index (χ3n) is 2.81. The number of aliphatic hydroxyl groups excluding tert-OH is 1. The van der Waals surface area contributed by atoms with E-state index >= 15 is 0 Å². The molecule has 0 unspecified atom stereocenters. The van der Waals surface area contributed by atoms with Crippen LogP contribution in [0.2, 0.25) is 0 Å². The fraction of sp³-hybridized carbons (Fsp3) is 0.500. The van der Waals surface area contributed by atoms with E-state index in [0.29, 0.717) is 19.0 Å². The Labute approximate surface area is 116 Å². The molecule has 6 heteroatoms. The summed E-state index contributed by atoms with van der Waals surface area (Å²) >= 11 is 0. The van der Waals surface area contributed by atoms with Gasteiger partial charge in [0.2, 0.25) is 0 Å². The lowest BCUT2D eigenvalue weighted by atomic mass is 9.90. The van der Waals surface area contributed by atoms with Crippen molar-refractivity contribution in [3.05, 3.63) is 29.8 Å². The summed E-state index contributed by atoms with van der Waals surface area (Å²) in [6, 6.07) is 2.88. The third kappa shape index (κ3) is 5.52. The van der Waals surface area contributed by atoms with Gasteiger partial charge in [-0.1, -0.05) is 13.8 Å². The van der Waals surface area contributed by atoms with Crippen LogP contribution in [-0.2, 0) is 4.79 Å². The third-order valence-corrected chi connectivity index (χ3v) is 2.81. The molecule has 0 spiro atoms. The van der Waals surface area contributed by atoms with Crippen LogP contribution in [0.5, 0.6) is 5.75 Å². The number of benzene rings is 1. The molecule has 0 saturated heterocycles. The molecule has 0 fully saturated rings. The second-order valence-electron chi connectivity index (χ2n) is 5.28. The first-order valence-corrected chi connectivity index (χ1v) is 6.29. The Balaban J connectivity index is 2.40. The number of rotatable bonds is 7. The molecular weight excluding hydrogens is 268 g/mol. The zero-order valence-electron chi connectivity index (χ0n) is 11.6. The first-order valence-electron chi connectivity index (χ1n) is 6.29. The quantitative estimate of drug-likeness (QED) is 0.805. The summed E-state index contributed by atoms with van der Waals surface area (Å²) in [4.78, 5) is 11.6. The Bertz CT molecular complexity index is 464. The fourth-order valence-electron chi connectivity index (χ4n) is 1.52. The van der Waals surface area contributed by atoms with Crippen molar-refractivity contribution in [2.75, 3.05) is 19.8 Å². The van der Waals surface area contributed by atoms with E-state index in [-0.39, 0.29) is 24.4 Å². The SMILES string of the molecule is CC(C)(CCO)CNC(=O)COc1ccc(F)cc1F. The van der Waals surface area contributed by atoms with Gasteiger partial charge in [0, 0.05) is 19.2 Å². The summed E-state index contributed by atoms with van der Waals surface area (Å²) < 4.78 is 30.9. The van der Waals surface area contributed by atoms with E-state index in [1.165, 1.54) is 0 Å². The van der Waals surface area contributed by atoms with Crippen LogP contribution in [0, 0.1) is 17.0 Å². The van der Waals surface area contributed by atoms with E-state index in [0.717, 1.165) is 12.1 Å². The van der Waals surface area contributed by atoms with Crippen molar-refractivity contribution in [2.24, 2.45) is 5.41 Å². The van der Waals surface area contributed by atoms with Crippen LogP contribution in [0.25, 0.3) is 0 Å². The van der Waals surface area contributed by atoms with Gasteiger partial charge >= 0.3 is 0 Å². The number of ether oxygens (including phenoxy) is 1. The van der Waals surface area contributed by atoms with Crippen LogP contribution in [0.1, 0.15) is 20.3 Å². The van der Waals surface area contributed by atoms with Crippen LogP contribution in [0.4, 0.5) is 8.78 Å². The van der Waals surface area contributed by atoms with E-state index in [1.807, 2.05) is 13.8 Å². The van der Waals surface area contributed by atoms with Crippen molar-refractivity contribution in [1.29, 1.82) is 0 Å². The lowest BCUT2D eigenvalue weighted by Gasteiger charge is -2.23. The van der Waals surface area contributed by atoms with Crippen molar-refractivity contribution >= 4 is 5.91 Å². The highest BCUT2D eigenvalue weighted by molar-refractivity contribution is 5.77. The standard InChI is InChI=1S/C14H19F2NO3/c1-14(2,5-6-18)9-17-13(19)8-20-12-4-3-10(15)7-11(12)16/h3-4,7,18H,5-6,8-9H2,1-2H3,(H,17,19). The molecular formula is C14H19F2NO3. The Kier molecular flexibility index (Phi) is 5.88. The minimum Gasteiger partial charge on any atom is -0.481 e. The smallest absolute Gasteiger partial charge is 0.257 e. The minimum absolute atomic E-state index is 0.0418. The Morgan fingerprint density at radius 2 is 2.10 bits per heavy atom. The van der Waals surface area contributed by atoms with Crippen molar-refractivity contribution < 1.29 is 23.4 Å². The van der Waals surface area contributed by atoms with Crippen LogP contribution < -0.4 is 10.1 Å². The fourth-order valence-corrected chi connectivity index (χ4v) is 1.52. The number of hydrogen-bond donors (Lipinski definition) is 2. The molecule has 0 heterocycles. The Hall–Kier alpha value is -1.69. The van der Waals surface area contributed by atoms with Gasteiger partial charge in [0.1, 0.15) is 5.82 Å². The van der Waals surface area contributed by atoms with Crippen LogP contribution in [0.3, 0.4) is 0 Å². The second-order valence-corrected chi connectivity index (χ2v) is 5.28. The van der Waals surface area contributed by atoms with Crippen LogP contribution in [-0.4, -0.2) is 30.8 Å². The minimum atomic E-state index is -0.849. The molecule has 1 aromatic carbocycles. The van der Waals surface area contributed by atoms with Gasteiger partial charge in [-0.2, -0.15) is 0 Å². The van der Waals surface area contributed by atoms with Crippen LogP contribution >= 0.6 is 0 Å². The van der Waals surface area contributed by atoms with Crippen LogP contribution in [0.15, 0.2) is 18.2 Å². The van der Waals surface area contributed by atoms with Gasteiger partial charge in [-0.15, -0.1) is 0 Å². The van der Waals surface area contributed by atoms with E-state index in [9.17, 15) is 13.6 Å². The predicted molar refractivity (Wildman–Crippen MR) is 70.3 cm³/mol. The first-order chi connectivity index (χ1) is 9.34. The van der Waals surface area contributed by atoms with E-state index in [1.54, 1.807) is 0 Å². The molecule has 0 aliphatic carbocycles. The number of nitrogens with one attached hydrogen (secondary N) is 1. The highest BCUT2D eigenvalue weighted by Crippen LogP contribution is 2.18. The molecule has 20 heavy (non-hydrogen) atoms. The van der Waals surface area contributed by atoms with Gasteiger partial charge in [0.05, 0.1) is 0 Å². The topological polar surface area (TPSA) is 58.6 Å². The highest BCUT2D eigenvalue weighted by atomic mass is 19.1. The molecule has 1 amide bonds. The summed E-state index contributed by atoms with van der Waals surface area (Å²) in [6.45, 7) is 3.88. The molecule has 0 radical (unpaired) electrons. The number of carbonyl (C=O) groups excluding carboxylic acids is 1. The lowest BCUT2D eigenvalue weighted by Crippen LogP contribution is -2.37. The zero-order chi connectivity index (χ0) is 15.2. The molecule has 2 N–H and O–H groups in total. The van der Waals surface area contributed by atoms with E-state index in [4.69, 9.17) is 9.84 Å².